The number of carbonyl (C=O) groups excluding carboxylic acids is 2. The van der Waals surface area contributed by atoms with Crippen LogP contribution in [0.5, 0.6) is 0 Å². The van der Waals surface area contributed by atoms with Crippen molar-refractivity contribution in [2.24, 2.45) is 0 Å². The molecule has 0 aliphatic carbocycles. The van der Waals surface area contributed by atoms with Crippen molar-refractivity contribution in [3.05, 3.63) is 21.9 Å². The second kappa shape index (κ2) is 7.40. The highest BCUT2D eigenvalue weighted by molar-refractivity contribution is 7.14. The fourth-order valence-corrected chi connectivity index (χ4v) is 2.59. The lowest BCUT2D eigenvalue weighted by atomic mass is 10.3. The SMILES string of the molecule is CCc1ccc(C(=O)CN(C)CC(=O)NC(C)C)s1. The van der Waals surface area contributed by atoms with Crippen LogP contribution in [0.1, 0.15) is 35.3 Å². The smallest absolute Gasteiger partial charge is 0.234 e. The molecule has 4 nitrogen and oxygen atoms in total. The van der Waals surface area contributed by atoms with Crippen molar-refractivity contribution in [1.29, 1.82) is 0 Å². The van der Waals surface area contributed by atoms with Gasteiger partial charge < -0.3 is 5.32 Å². The summed E-state index contributed by atoms with van der Waals surface area (Å²) in [7, 11) is 1.78. The Kier molecular flexibility index (Phi) is 6.18. The molecule has 1 aromatic heterocycles. The Morgan fingerprint density at radius 1 is 1.32 bits per heavy atom. The van der Waals surface area contributed by atoms with Crippen LogP contribution in [0.15, 0.2) is 12.1 Å². The molecule has 1 rings (SSSR count). The number of carbonyl (C=O) groups is 2. The van der Waals surface area contributed by atoms with Gasteiger partial charge in [0.1, 0.15) is 0 Å². The number of aryl methyl sites for hydroxylation is 1. The molecule has 0 aliphatic rings. The molecule has 1 aromatic rings. The van der Waals surface area contributed by atoms with Gasteiger partial charge in [0.15, 0.2) is 5.78 Å². The standard InChI is InChI=1S/C14H22N2O2S/c1-5-11-6-7-13(19-11)12(17)8-16(4)9-14(18)15-10(2)3/h6-7,10H,5,8-9H2,1-4H3,(H,15,18). The average Bonchev–Trinajstić information content (AvgIpc) is 2.75. The van der Waals surface area contributed by atoms with Crippen molar-refractivity contribution in [3.8, 4) is 0 Å². The Hall–Kier alpha value is -1.20. The zero-order chi connectivity index (χ0) is 14.4. The predicted octanol–water partition coefficient (Wildman–Crippen LogP) is 1.95. The van der Waals surface area contributed by atoms with Gasteiger partial charge in [0.2, 0.25) is 5.91 Å². The van der Waals surface area contributed by atoms with E-state index in [0.717, 1.165) is 11.3 Å². The van der Waals surface area contributed by atoms with Gasteiger partial charge in [-0.15, -0.1) is 11.3 Å². The summed E-state index contributed by atoms with van der Waals surface area (Å²) in [5.41, 5.74) is 0. The summed E-state index contributed by atoms with van der Waals surface area (Å²) in [6, 6.07) is 3.98. The molecule has 1 N–H and O–H groups in total. The Balaban J connectivity index is 2.45. The van der Waals surface area contributed by atoms with Gasteiger partial charge in [0.05, 0.1) is 18.0 Å². The molecule has 19 heavy (non-hydrogen) atoms. The normalized spacial score (nSPS) is 11.1. The van der Waals surface area contributed by atoms with Crippen LogP contribution >= 0.6 is 11.3 Å². The summed E-state index contributed by atoms with van der Waals surface area (Å²) in [5.74, 6) is 0.0234. The maximum Gasteiger partial charge on any atom is 0.234 e. The van der Waals surface area contributed by atoms with Gasteiger partial charge in [-0.05, 0) is 39.4 Å². The van der Waals surface area contributed by atoms with Crippen molar-refractivity contribution >= 4 is 23.0 Å². The molecule has 0 spiro atoms. The van der Waals surface area contributed by atoms with Crippen LogP contribution in [0.4, 0.5) is 0 Å². The maximum atomic E-state index is 12.0. The Bertz CT molecular complexity index is 440. The predicted molar refractivity (Wildman–Crippen MR) is 78.8 cm³/mol. The third kappa shape index (κ3) is 5.53. The lowest BCUT2D eigenvalue weighted by molar-refractivity contribution is -0.122. The number of nitrogens with zero attached hydrogens (tertiary/aromatic N) is 1. The lowest BCUT2D eigenvalue weighted by Gasteiger charge is -2.16. The molecule has 0 bridgehead atoms. The number of thiophene rings is 1. The van der Waals surface area contributed by atoms with Crippen LogP contribution < -0.4 is 5.32 Å². The fraction of sp³-hybridized carbons (Fsp3) is 0.571. The highest BCUT2D eigenvalue weighted by atomic mass is 32.1. The van der Waals surface area contributed by atoms with E-state index in [1.165, 1.54) is 16.2 Å². The largest absolute Gasteiger partial charge is 0.353 e. The van der Waals surface area contributed by atoms with Crippen molar-refractivity contribution in [2.45, 2.75) is 33.2 Å². The van der Waals surface area contributed by atoms with Crippen LogP contribution in [0.2, 0.25) is 0 Å². The number of rotatable bonds is 7. The molecule has 0 atom stereocenters. The second-order valence-electron chi connectivity index (χ2n) is 4.94. The van der Waals surface area contributed by atoms with Crippen molar-refractivity contribution in [1.82, 2.24) is 10.2 Å². The maximum absolute atomic E-state index is 12.0. The number of nitrogens with one attached hydrogen (secondary N) is 1. The Labute approximate surface area is 118 Å². The van der Waals surface area contributed by atoms with Crippen molar-refractivity contribution in [3.63, 3.8) is 0 Å². The molecule has 0 aromatic carbocycles. The first-order valence-electron chi connectivity index (χ1n) is 6.52. The minimum atomic E-state index is -0.0503. The van der Waals surface area contributed by atoms with E-state index in [-0.39, 0.29) is 30.8 Å². The summed E-state index contributed by atoms with van der Waals surface area (Å²) < 4.78 is 0. The van der Waals surface area contributed by atoms with Crippen LogP contribution in [-0.2, 0) is 11.2 Å². The van der Waals surface area contributed by atoms with E-state index in [0.29, 0.717) is 0 Å². The third-order valence-corrected chi connectivity index (χ3v) is 3.83. The monoisotopic (exact) mass is 282 g/mol. The topological polar surface area (TPSA) is 49.4 Å². The summed E-state index contributed by atoms with van der Waals surface area (Å²) in [5, 5.41) is 2.81. The first kappa shape index (κ1) is 15.9. The molecule has 0 aliphatic heterocycles. The number of hydrogen-bond acceptors (Lipinski definition) is 4. The Morgan fingerprint density at radius 2 is 2.00 bits per heavy atom. The van der Waals surface area contributed by atoms with Crippen LogP contribution in [0.25, 0.3) is 0 Å². The minimum absolute atomic E-state index is 0.0503. The first-order chi connectivity index (χ1) is 8.92. The molecule has 0 fully saturated rings. The molecule has 0 saturated heterocycles. The lowest BCUT2D eigenvalue weighted by Crippen LogP contribution is -2.40. The molecular formula is C14H22N2O2S. The van der Waals surface area contributed by atoms with E-state index in [2.05, 4.69) is 12.2 Å². The number of Topliss-reactive ketones (excluding diaryl/α,β-unsaturated/α-hetero) is 1. The molecule has 0 saturated carbocycles. The molecular weight excluding hydrogens is 260 g/mol. The van der Waals surface area contributed by atoms with Crippen molar-refractivity contribution < 1.29 is 9.59 Å². The Morgan fingerprint density at radius 3 is 2.53 bits per heavy atom. The van der Waals surface area contributed by atoms with E-state index in [9.17, 15) is 9.59 Å². The molecule has 1 heterocycles. The first-order valence-corrected chi connectivity index (χ1v) is 7.33. The molecule has 5 heteroatoms. The fourth-order valence-electron chi connectivity index (χ4n) is 1.71. The summed E-state index contributed by atoms with van der Waals surface area (Å²) in [6.07, 6.45) is 0.949. The van der Waals surface area contributed by atoms with E-state index < -0.39 is 0 Å². The molecule has 0 unspecified atom stereocenters. The van der Waals surface area contributed by atoms with E-state index in [1.807, 2.05) is 26.0 Å². The molecule has 106 valence electrons. The average molecular weight is 282 g/mol. The molecule has 0 radical (unpaired) electrons. The summed E-state index contributed by atoms with van der Waals surface area (Å²) in [6.45, 7) is 6.43. The van der Waals surface area contributed by atoms with Crippen LogP contribution in [0, 0.1) is 0 Å². The van der Waals surface area contributed by atoms with Crippen LogP contribution in [-0.4, -0.2) is 42.8 Å². The second-order valence-corrected chi connectivity index (χ2v) is 6.11. The van der Waals surface area contributed by atoms with E-state index >= 15 is 0 Å². The zero-order valence-corrected chi connectivity index (χ0v) is 12.8. The zero-order valence-electron chi connectivity index (χ0n) is 12.0. The van der Waals surface area contributed by atoms with Crippen molar-refractivity contribution in [2.75, 3.05) is 20.1 Å². The van der Waals surface area contributed by atoms with Gasteiger partial charge in [-0.25, -0.2) is 0 Å². The number of amides is 1. The highest BCUT2D eigenvalue weighted by Gasteiger charge is 2.14. The van der Waals surface area contributed by atoms with Gasteiger partial charge in [0, 0.05) is 10.9 Å². The number of ketones is 1. The minimum Gasteiger partial charge on any atom is -0.353 e. The third-order valence-electron chi connectivity index (χ3n) is 2.56. The number of likely N-dealkylation sites (N-methyl/N-ethyl adjacent to an activating group) is 1. The summed E-state index contributed by atoms with van der Waals surface area (Å²) >= 11 is 1.54. The van der Waals surface area contributed by atoms with Gasteiger partial charge in [0.25, 0.3) is 0 Å². The number of hydrogen-bond donors (Lipinski definition) is 1. The van der Waals surface area contributed by atoms with Crippen LogP contribution in [0.3, 0.4) is 0 Å². The van der Waals surface area contributed by atoms with Gasteiger partial charge in [-0.2, -0.15) is 0 Å². The van der Waals surface area contributed by atoms with Gasteiger partial charge in [-0.1, -0.05) is 6.92 Å². The highest BCUT2D eigenvalue weighted by Crippen LogP contribution is 2.17. The van der Waals surface area contributed by atoms with Gasteiger partial charge in [-0.3, -0.25) is 14.5 Å². The van der Waals surface area contributed by atoms with Gasteiger partial charge >= 0.3 is 0 Å². The molecule has 1 amide bonds. The van der Waals surface area contributed by atoms with E-state index in [1.54, 1.807) is 11.9 Å². The quantitative estimate of drug-likeness (QED) is 0.778. The summed E-state index contributed by atoms with van der Waals surface area (Å²) in [4.78, 5) is 27.3. The van der Waals surface area contributed by atoms with E-state index in [4.69, 9.17) is 0 Å².